The van der Waals surface area contributed by atoms with Gasteiger partial charge >= 0.3 is 6.18 Å². The largest absolute Gasteiger partial charge is 0.416 e. The first-order valence-corrected chi connectivity index (χ1v) is 11.1. The summed E-state index contributed by atoms with van der Waals surface area (Å²) < 4.78 is 40.2. The minimum atomic E-state index is -4.57. The van der Waals surface area contributed by atoms with Crippen LogP contribution >= 0.6 is 12.2 Å². The van der Waals surface area contributed by atoms with Crippen LogP contribution in [0.15, 0.2) is 90.1 Å². The van der Waals surface area contributed by atoms with Crippen LogP contribution in [0.4, 0.5) is 30.2 Å². The number of thiocarbonyl (C=S) groups is 1. The Morgan fingerprint density at radius 3 is 2.33 bits per heavy atom. The number of alkyl halides is 3. The molecule has 1 atom stereocenters. The highest BCUT2D eigenvalue weighted by Gasteiger charge is 2.36. The Morgan fingerprint density at radius 1 is 1.06 bits per heavy atom. The molecule has 0 aromatic heterocycles. The molecule has 7 nitrogen and oxygen atoms in total. The molecular formula is C25H19F3N4O3S. The van der Waals surface area contributed by atoms with Crippen molar-refractivity contribution < 1.29 is 22.9 Å². The van der Waals surface area contributed by atoms with Gasteiger partial charge in [-0.1, -0.05) is 30.3 Å². The Labute approximate surface area is 209 Å². The molecule has 0 radical (unpaired) electrons. The van der Waals surface area contributed by atoms with Gasteiger partial charge < -0.3 is 10.6 Å². The van der Waals surface area contributed by atoms with Gasteiger partial charge in [0.1, 0.15) is 0 Å². The predicted molar refractivity (Wildman–Crippen MR) is 133 cm³/mol. The van der Waals surface area contributed by atoms with E-state index in [0.717, 1.165) is 12.1 Å². The summed E-state index contributed by atoms with van der Waals surface area (Å²) in [5, 5.41) is 16.8. The highest BCUT2D eigenvalue weighted by atomic mass is 32.1. The zero-order valence-corrected chi connectivity index (χ0v) is 19.6. The topological polar surface area (TPSA) is 87.5 Å². The van der Waals surface area contributed by atoms with Crippen molar-refractivity contribution in [2.75, 3.05) is 10.2 Å². The molecule has 11 heteroatoms. The lowest BCUT2D eigenvalue weighted by Gasteiger charge is -2.38. The number of allylic oxidation sites excluding steroid dienone is 1. The first-order chi connectivity index (χ1) is 17.1. The minimum absolute atomic E-state index is 0.144. The summed E-state index contributed by atoms with van der Waals surface area (Å²) in [5.74, 6) is -0.598. The molecule has 184 valence electrons. The molecule has 1 aliphatic rings. The van der Waals surface area contributed by atoms with Gasteiger partial charge in [0.2, 0.25) is 0 Å². The highest BCUT2D eigenvalue weighted by Crippen LogP contribution is 2.37. The monoisotopic (exact) mass is 512 g/mol. The first kappa shape index (κ1) is 24.9. The van der Waals surface area contributed by atoms with Crippen LogP contribution in [0.5, 0.6) is 0 Å². The van der Waals surface area contributed by atoms with Crippen molar-refractivity contribution in [1.29, 1.82) is 0 Å². The summed E-state index contributed by atoms with van der Waals surface area (Å²) >= 11 is 5.54. The van der Waals surface area contributed by atoms with Crippen molar-refractivity contribution in [3.05, 3.63) is 111 Å². The van der Waals surface area contributed by atoms with Gasteiger partial charge in [0.05, 0.1) is 22.1 Å². The molecule has 0 spiro atoms. The molecule has 3 aromatic rings. The van der Waals surface area contributed by atoms with E-state index >= 15 is 0 Å². The van der Waals surface area contributed by atoms with Crippen molar-refractivity contribution in [3.8, 4) is 0 Å². The molecule has 1 heterocycles. The molecule has 0 aliphatic carbocycles. The van der Waals surface area contributed by atoms with Crippen molar-refractivity contribution in [3.63, 3.8) is 0 Å². The molecule has 1 aliphatic heterocycles. The Bertz CT molecular complexity index is 1360. The minimum Gasteiger partial charge on any atom is -0.351 e. The number of nitrogens with zero attached hydrogens (tertiary/aromatic N) is 2. The Kier molecular flexibility index (Phi) is 6.75. The average molecular weight is 513 g/mol. The molecule has 4 rings (SSSR count). The van der Waals surface area contributed by atoms with Crippen LogP contribution in [0.25, 0.3) is 0 Å². The number of hydrogen-bond donors (Lipinski definition) is 2. The van der Waals surface area contributed by atoms with Crippen LogP contribution in [0.3, 0.4) is 0 Å². The fourth-order valence-corrected chi connectivity index (χ4v) is 4.29. The van der Waals surface area contributed by atoms with E-state index in [4.69, 9.17) is 12.2 Å². The number of nitro groups is 1. The third-order valence-electron chi connectivity index (χ3n) is 5.63. The van der Waals surface area contributed by atoms with Gasteiger partial charge in [-0.15, -0.1) is 0 Å². The molecule has 3 aromatic carbocycles. The van der Waals surface area contributed by atoms with Crippen LogP contribution in [0, 0.1) is 10.1 Å². The highest BCUT2D eigenvalue weighted by molar-refractivity contribution is 7.80. The second kappa shape index (κ2) is 9.78. The van der Waals surface area contributed by atoms with Gasteiger partial charge in [0.15, 0.2) is 5.11 Å². The summed E-state index contributed by atoms with van der Waals surface area (Å²) in [5.41, 5.74) is 0.713. The van der Waals surface area contributed by atoms with Gasteiger partial charge in [0, 0.05) is 29.2 Å². The molecular weight excluding hydrogens is 493 g/mol. The number of para-hydroxylation sites is 1. The van der Waals surface area contributed by atoms with Crippen molar-refractivity contribution in [2.45, 2.75) is 19.1 Å². The number of rotatable bonds is 5. The standard InChI is InChI=1S/C25H19F3N4O3S/c1-15-21(23(33)29-18-10-12-20(13-11-18)32(34)35)22(16-6-5-7-17(14-16)25(26,27)28)30-24(36)31(15)19-8-3-2-4-9-19/h2-14,22H,1H3,(H,29,33)(H,30,36). The molecule has 1 unspecified atom stereocenters. The quantitative estimate of drug-likeness (QED) is 0.249. The van der Waals surface area contributed by atoms with Gasteiger partial charge in [-0.2, -0.15) is 13.2 Å². The third kappa shape index (κ3) is 5.05. The van der Waals surface area contributed by atoms with Gasteiger partial charge in [-0.25, -0.2) is 0 Å². The number of carbonyl (C=O) groups excluding carboxylic acids is 1. The lowest BCUT2D eigenvalue weighted by atomic mass is 9.92. The lowest BCUT2D eigenvalue weighted by Crippen LogP contribution is -2.48. The van der Waals surface area contributed by atoms with Crippen LogP contribution in [0.1, 0.15) is 24.1 Å². The summed E-state index contributed by atoms with van der Waals surface area (Å²) in [6.45, 7) is 1.66. The summed E-state index contributed by atoms with van der Waals surface area (Å²) in [6, 6.07) is 17.9. The maximum Gasteiger partial charge on any atom is 0.416 e. The van der Waals surface area contributed by atoms with Crippen LogP contribution in [-0.4, -0.2) is 15.9 Å². The first-order valence-electron chi connectivity index (χ1n) is 10.7. The van der Waals surface area contributed by atoms with E-state index in [9.17, 15) is 28.1 Å². The van der Waals surface area contributed by atoms with Crippen molar-refractivity contribution >= 4 is 40.3 Å². The second-order valence-corrected chi connectivity index (χ2v) is 8.32. The van der Waals surface area contributed by atoms with E-state index < -0.39 is 28.6 Å². The van der Waals surface area contributed by atoms with E-state index in [1.54, 1.807) is 36.1 Å². The molecule has 2 N–H and O–H groups in total. The van der Waals surface area contributed by atoms with E-state index in [-0.39, 0.29) is 27.6 Å². The number of carbonyl (C=O) groups is 1. The summed E-state index contributed by atoms with van der Waals surface area (Å²) in [4.78, 5) is 25.5. The molecule has 0 bridgehead atoms. The summed E-state index contributed by atoms with van der Waals surface area (Å²) in [7, 11) is 0. The van der Waals surface area contributed by atoms with Gasteiger partial charge in [-0.05, 0) is 61.1 Å². The van der Waals surface area contributed by atoms with Crippen LogP contribution in [-0.2, 0) is 11.0 Å². The van der Waals surface area contributed by atoms with Gasteiger partial charge in [0.25, 0.3) is 11.6 Å². The zero-order valence-electron chi connectivity index (χ0n) is 18.7. The van der Waals surface area contributed by atoms with Gasteiger partial charge in [-0.3, -0.25) is 19.8 Å². The SMILES string of the molecule is CC1=C(C(=O)Nc2ccc([N+](=O)[O-])cc2)C(c2cccc(C(F)(F)F)c2)NC(=S)N1c1ccccc1. The molecule has 0 fully saturated rings. The Morgan fingerprint density at radius 2 is 1.72 bits per heavy atom. The summed E-state index contributed by atoms with van der Waals surface area (Å²) in [6.07, 6.45) is -4.57. The van der Waals surface area contributed by atoms with Crippen molar-refractivity contribution in [2.24, 2.45) is 0 Å². The van der Waals surface area contributed by atoms with Crippen LogP contribution < -0.4 is 15.5 Å². The lowest BCUT2D eigenvalue weighted by molar-refractivity contribution is -0.384. The fraction of sp³-hybridized carbons (Fsp3) is 0.120. The number of benzene rings is 3. The van der Waals surface area contributed by atoms with Crippen LogP contribution in [0.2, 0.25) is 0 Å². The molecule has 0 saturated carbocycles. The molecule has 0 saturated heterocycles. The Hall–Kier alpha value is -4.25. The number of nitrogens with one attached hydrogen (secondary N) is 2. The predicted octanol–water partition coefficient (Wildman–Crippen LogP) is 5.96. The number of nitro benzene ring substituents is 1. The number of anilines is 2. The number of non-ortho nitro benzene ring substituents is 1. The normalized spacial score (nSPS) is 15.9. The van der Waals surface area contributed by atoms with E-state index in [1.165, 1.54) is 36.4 Å². The maximum atomic E-state index is 13.5. The molecule has 36 heavy (non-hydrogen) atoms. The fourth-order valence-electron chi connectivity index (χ4n) is 3.93. The van der Waals surface area contributed by atoms with E-state index in [1.807, 2.05) is 6.07 Å². The zero-order chi connectivity index (χ0) is 26.0. The third-order valence-corrected chi connectivity index (χ3v) is 5.93. The van der Waals surface area contributed by atoms with E-state index in [0.29, 0.717) is 11.4 Å². The number of hydrogen-bond acceptors (Lipinski definition) is 4. The number of amides is 1. The maximum absolute atomic E-state index is 13.5. The van der Waals surface area contributed by atoms with E-state index in [2.05, 4.69) is 10.6 Å². The number of halogens is 3. The van der Waals surface area contributed by atoms with Crippen molar-refractivity contribution in [1.82, 2.24) is 5.32 Å². The second-order valence-electron chi connectivity index (χ2n) is 7.93. The molecule has 1 amide bonds. The smallest absolute Gasteiger partial charge is 0.351 e. The average Bonchev–Trinajstić information content (AvgIpc) is 2.84. The Balaban J connectivity index is 1.79.